The minimum absolute atomic E-state index is 0.789. The van der Waals surface area contributed by atoms with Gasteiger partial charge in [-0.1, -0.05) is 18.2 Å². The van der Waals surface area contributed by atoms with Gasteiger partial charge in [0.1, 0.15) is 0 Å². The van der Waals surface area contributed by atoms with Crippen molar-refractivity contribution in [1.82, 2.24) is 15.3 Å². The summed E-state index contributed by atoms with van der Waals surface area (Å²) in [4.78, 5) is 2.07. The first-order valence-corrected chi connectivity index (χ1v) is 4.98. The third-order valence-electron chi connectivity index (χ3n) is 2.42. The monoisotopic (exact) mass is 204 g/mol. The van der Waals surface area contributed by atoms with Crippen LogP contribution in [-0.4, -0.2) is 23.6 Å². The summed E-state index contributed by atoms with van der Waals surface area (Å²) in [6, 6.07) is 7.93. The van der Waals surface area contributed by atoms with Gasteiger partial charge in [-0.15, -0.1) is 0 Å². The minimum Gasteiger partial charge on any atom is -0.398 e. The molecule has 4 heteroatoms. The molecule has 80 valence electrons. The number of nitrogens with two attached hydrogens (primary N) is 1. The quantitative estimate of drug-likeness (QED) is 0.704. The van der Waals surface area contributed by atoms with Crippen LogP contribution >= 0.6 is 0 Å². The van der Waals surface area contributed by atoms with E-state index in [0.29, 0.717) is 0 Å². The number of anilines is 1. The van der Waals surface area contributed by atoms with Crippen molar-refractivity contribution in [3.05, 3.63) is 42.2 Å². The molecule has 0 spiro atoms. The van der Waals surface area contributed by atoms with E-state index in [0.717, 1.165) is 24.5 Å². The zero-order valence-corrected chi connectivity index (χ0v) is 8.85. The standard InChI is InChI=1S/C11H16N4/c1-14-6-7-15(13-9-14)8-10-4-2-3-5-11(10)12/h2-7,13H,8-9,12H2,1H3. The van der Waals surface area contributed by atoms with Crippen LogP contribution in [0.3, 0.4) is 0 Å². The smallest absolute Gasteiger partial charge is 0.0848 e. The summed E-state index contributed by atoms with van der Waals surface area (Å²) >= 11 is 0. The number of benzene rings is 1. The van der Waals surface area contributed by atoms with Crippen molar-refractivity contribution in [3.63, 3.8) is 0 Å². The normalized spacial score (nSPS) is 15.8. The van der Waals surface area contributed by atoms with Crippen LogP contribution in [0.1, 0.15) is 5.56 Å². The van der Waals surface area contributed by atoms with E-state index in [-0.39, 0.29) is 0 Å². The van der Waals surface area contributed by atoms with Crippen molar-refractivity contribution in [3.8, 4) is 0 Å². The number of hydrogen-bond acceptors (Lipinski definition) is 4. The maximum atomic E-state index is 5.88. The Bertz CT molecular complexity index is 361. The van der Waals surface area contributed by atoms with E-state index < -0.39 is 0 Å². The van der Waals surface area contributed by atoms with Crippen LogP contribution in [0.4, 0.5) is 5.69 Å². The fraction of sp³-hybridized carbons (Fsp3) is 0.273. The number of hydrogen-bond donors (Lipinski definition) is 2. The molecule has 1 aliphatic rings. The zero-order valence-electron chi connectivity index (χ0n) is 8.85. The summed E-state index contributed by atoms with van der Waals surface area (Å²) < 4.78 is 0. The highest BCUT2D eigenvalue weighted by Gasteiger charge is 2.07. The van der Waals surface area contributed by atoms with E-state index in [1.54, 1.807) is 0 Å². The Labute approximate surface area is 89.9 Å². The predicted octanol–water partition coefficient (Wildman–Crippen LogP) is 0.950. The van der Waals surface area contributed by atoms with Crippen molar-refractivity contribution in [1.29, 1.82) is 0 Å². The Hall–Kier alpha value is -1.68. The van der Waals surface area contributed by atoms with E-state index in [2.05, 4.69) is 10.3 Å². The summed E-state index contributed by atoms with van der Waals surface area (Å²) in [5, 5.41) is 2.03. The summed E-state index contributed by atoms with van der Waals surface area (Å²) in [5.41, 5.74) is 11.1. The van der Waals surface area contributed by atoms with Crippen molar-refractivity contribution < 1.29 is 0 Å². The molecule has 0 saturated carbocycles. The van der Waals surface area contributed by atoms with Gasteiger partial charge in [-0.05, 0) is 11.6 Å². The maximum absolute atomic E-state index is 5.88. The Morgan fingerprint density at radius 1 is 1.33 bits per heavy atom. The van der Waals surface area contributed by atoms with E-state index in [1.165, 1.54) is 0 Å². The molecule has 0 unspecified atom stereocenters. The first kappa shape index (κ1) is 9.86. The molecule has 0 amide bonds. The first-order valence-electron chi connectivity index (χ1n) is 4.98. The number of nitrogen functional groups attached to an aromatic ring is 1. The maximum Gasteiger partial charge on any atom is 0.0848 e. The van der Waals surface area contributed by atoms with E-state index in [1.807, 2.05) is 48.7 Å². The molecule has 0 atom stereocenters. The van der Waals surface area contributed by atoms with Crippen molar-refractivity contribution in [2.45, 2.75) is 6.54 Å². The Morgan fingerprint density at radius 3 is 2.80 bits per heavy atom. The number of hydrazine groups is 1. The third kappa shape index (κ3) is 2.41. The highest BCUT2D eigenvalue weighted by atomic mass is 15.5. The second kappa shape index (κ2) is 4.23. The van der Waals surface area contributed by atoms with Gasteiger partial charge in [0.25, 0.3) is 0 Å². The second-order valence-corrected chi connectivity index (χ2v) is 3.70. The van der Waals surface area contributed by atoms with Gasteiger partial charge in [-0.3, -0.25) is 0 Å². The van der Waals surface area contributed by atoms with Crippen LogP contribution in [0.25, 0.3) is 0 Å². The molecule has 0 fully saturated rings. The molecule has 1 heterocycles. The molecule has 15 heavy (non-hydrogen) atoms. The molecule has 0 bridgehead atoms. The molecule has 3 N–H and O–H groups in total. The Balaban J connectivity index is 2.04. The molecular weight excluding hydrogens is 188 g/mol. The van der Waals surface area contributed by atoms with Gasteiger partial charge in [0, 0.05) is 25.1 Å². The summed E-state index contributed by atoms with van der Waals surface area (Å²) in [7, 11) is 2.03. The SMILES string of the molecule is CN1C=CN(Cc2ccccc2N)NC1. The molecule has 0 radical (unpaired) electrons. The fourth-order valence-electron chi connectivity index (χ4n) is 1.47. The number of nitrogens with zero attached hydrogens (tertiary/aromatic N) is 2. The zero-order chi connectivity index (χ0) is 10.7. The molecule has 1 aromatic carbocycles. The largest absolute Gasteiger partial charge is 0.398 e. The molecule has 0 aliphatic carbocycles. The molecule has 0 aromatic heterocycles. The van der Waals surface area contributed by atoms with Crippen LogP contribution in [0, 0.1) is 0 Å². The van der Waals surface area contributed by atoms with Gasteiger partial charge in [0.15, 0.2) is 0 Å². The van der Waals surface area contributed by atoms with Crippen LogP contribution in [0.5, 0.6) is 0 Å². The highest BCUT2D eigenvalue weighted by molar-refractivity contribution is 5.46. The van der Waals surface area contributed by atoms with Crippen molar-refractivity contribution in [2.75, 3.05) is 19.5 Å². The van der Waals surface area contributed by atoms with E-state index in [9.17, 15) is 0 Å². The van der Waals surface area contributed by atoms with Gasteiger partial charge >= 0.3 is 0 Å². The first-order chi connectivity index (χ1) is 7.25. The van der Waals surface area contributed by atoms with Crippen molar-refractivity contribution >= 4 is 5.69 Å². The van der Waals surface area contributed by atoms with Crippen LogP contribution in [0.15, 0.2) is 36.7 Å². The molecule has 2 rings (SSSR count). The summed E-state index contributed by atoms with van der Waals surface area (Å²) in [6.07, 6.45) is 4.05. The molecule has 4 nitrogen and oxygen atoms in total. The molecule has 1 aliphatic heterocycles. The average Bonchev–Trinajstić information content (AvgIpc) is 2.25. The number of nitrogens with one attached hydrogen (secondary N) is 1. The van der Waals surface area contributed by atoms with E-state index >= 15 is 0 Å². The van der Waals surface area contributed by atoms with Crippen LogP contribution < -0.4 is 11.2 Å². The summed E-state index contributed by atoms with van der Waals surface area (Å²) in [6.45, 7) is 1.61. The predicted molar refractivity (Wildman–Crippen MR) is 61.3 cm³/mol. The molecule has 1 aromatic rings. The van der Waals surface area contributed by atoms with Gasteiger partial charge in [-0.2, -0.15) is 0 Å². The van der Waals surface area contributed by atoms with Crippen molar-refractivity contribution in [2.24, 2.45) is 0 Å². The Morgan fingerprint density at radius 2 is 2.13 bits per heavy atom. The lowest BCUT2D eigenvalue weighted by Gasteiger charge is -2.30. The lowest BCUT2D eigenvalue weighted by molar-refractivity contribution is 0.185. The highest BCUT2D eigenvalue weighted by Crippen LogP contribution is 2.13. The number of rotatable bonds is 2. The average molecular weight is 204 g/mol. The van der Waals surface area contributed by atoms with Gasteiger partial charge in [0.05, 0.1) is 13.2 Å². The molecular formula is C11H16N4. The van der Waals surface area contributed by atoms with Gasteiger partial charge < -0.3 is 15.6 Å². The van der Waals surface area contributed by atoms with E-state index in [4.69, 9.17) is 5.73 Å². The Kier molecular flexibility index (Phi) is 2.78. The second-order valence-electron chi connectivity index (χ2n) is 3.70. The fourth-order valence-corrected chi connectivity index (χ4v) is 1.47. The molecule has 0 saturated heterocycles. The topological polar surface area (TPSA) is 44.5 Å². The van der Waals surface area contributed by atoms with Crippen LogP contribution in [-0.2, 0) is 6.54 Å². The lowest BCUT2D eigenvalue weighted by Crippen LogP contribution is -2.42. The van der Waals surface area contributed by atoms with Gasteiger partial charge in [0.2, 0.25) is 0 Å². The third-order valence-corrected chi connectivity index (χ3v) is 2.42. The summed E-state index contributed by atoms with van der Waals surface area (Å²) in [5.74, 6) is 0. The van der Waals surface area contributed by atoms with Crippen LogP contribution in [0.2, 0.25) is 0 Å². The van der Waals surface area contributed by atoms with Gasteiger partial charge in [-0.25, -0.2) is 5.43 Å². The number of para-hydroxylation sites is 1. The lowest BCUT2D eigenvalue weighted by atomic mass is 10.2. The minimum atomic E-state index is 0.789.